The van der Waals surface area contributed by atoms with E-state index in [1.54, 1.807) is 0 Å². The zero-order valence-corrected chi connectivity index (χ0v) is 18.5. The smallest absolute Gasteiger partial charge is 0.0836 e. The van der Waals surface area contributed by atoms with Gasteiger partial charge in [-0.1, -0.05) is 58.8 Å². The molecule has 0 amide bonds. The Morgan fingerprint density at radius 1 is 0.750 bits per heavy atom. The average molecular weight is 403 g/mol. The van der Waals surface area contributed by atoms with Crippen molar-refractivity contribution in [2.75, 3.05) is 52.9 Å². The van der Waals surface area contributed by atoms with Crippen molar-refractivity contribution < 1.29 is 24.1 Å². The van der Waals surface area contributed by atoms with E-state index in [-0.39, 0.29) is 12.7 Å². The SMILES string of the molecule is CCCCCCCCOC(COCCOCCOCCO)C1CCC(C)CC1. The fraction of sp³-hybridized carbons (Fsp3) is 1.00. The lowest BCUT2D eigenvalue weighted by atomic mass is 9.80. The molecular formula is C23H46O5. The molecule has 0 spiro atoms. The van der Waals surface area contributed by atoms with Crippen LogP contribution in [-0.2, 0) is 18.9 Å². The predicted molar refractivity (Wildman–Crippen MR) is 114 cm³/mol. The summed E-state index contributed by atoms with van der Waals surface area (Å²) in [6, 6.07) is 0. The van der Waals surface area contributed by atoms with Crippen LogP contribution in [0.3, 0.4) is 0 Å². The van der Waals surface area contributed by atoms with Gasteiger partial charge in [0, 0.05) is 6.61 Å². The maximum Gasteiger partial charge on any atom is 0.0836 e. The highest BCUT2D eigenvalue weighted by molar-refractivity contribution is 4.77. The lowest BCUT2D eigenvalue weighted by molar-refractivity contribution is -0.0677. The Balaban J connectivity index is 2.15. The maximum absolute atomic E-state index is 8.64. The second kappa shape index (κ2) is 18.8. The van der Waals surface area contributed by atoms with E-state index in [0.717, 1.165) is 12.5 Å². The monoisotopic (exact) mass is 402 g/mol. The third-order valence-electron chi connectivity index (χ3n) is 5.68. The quantitative estimate of drug-likeness (QED) is 0.320. The molecule has 1 N–H and O–H groups in total. The minimum Gasteiger partial charge on any atom is -0.394 e. The van der Waals surface area contributed by atoms with Crippen LogP contribution in [0.1, 0.15) is 78.1 Å². The fourth-order valence-corrected chi connectivity index (χ4v) is 3.80. The third-order valence-corrected chi connectivity index (χ3v) is 5.68. The number of aliphatic hydroxyl groups excluding tert-OH is 1. The summed E-state index contributed by atoms with van der Waals surface area (Å²) >= 11 is 0. The van der Waals surface area contributed by atoms with Gasteiger partial charge in [-0.05, 0) is 31.1 Å². The van der Waals surface area contributed by atoms with Gasteiger partial charge in [0.2, 0.25) is 0 Å². The number of hydrogen-bond donors (Lipinski definition) is 1. The molecule has 1 fully saturated rings. The molecule has 1 aliphatic rings. The molecule has 0 bridgehead atoms. The number of aliphatic hydroxyl groups is 1. The lowest BCUT2D eigenvalue weighted by Gasteiger charge is -2.32. The van der Waals surface area contributed by atoms with Crippen LogP contribution in [0.4, 0.5) is 0 Å². The first-order valence-electron chi connectivity index (χ1n) is 11.7. The van der Waals surface area contributed by atoms with Gasteiger partial charge in [-0.3, -0.25) is 0 Å². The second-order valence-electron chi connectivity index (χ2n) is 8.22. The summed E-state index contributed by atoms with van der Waals surface area (Å²) in [5.41, 5.74) is 0. The molecule has 0 radical (unpaired) electrons. The van der Waals surface area contributed by atoms with Gasteiger partial charge in [0.1, 0.15) is 0 Å². The van der Waals surface area contributed by atoms with Crippen molar-refractivity contribution >= 4 is 0 Å². The Morgan fingerprint density at radius 2 is 1.36 bits per heavy atom. The zero-order chi connectivity index (χ0) is 20.3. The Morgan fingerprint density at radius 3 is 2.04 bits per heavy atom. The van der Waals surface area contributed by atoms with Crippen molar-refractivity contribution in [3.05, 3.63) is 0 Å². The second-order valence-corrected chi connectivity index (χ2v) is 8.22. The predicted octanol–water partition coefficient (Wildman–Crippen LogP) is 4.60. The van der Waals surface area contributed by atoms with Gasteiger partial charge >= 0.3 is 0 Å². The molecule has 0 aromatic carbocycles. The maximum atomic E-state index is 8.64. The first-order chi connectivity index (χ1) is 13.8. The highest BCUT2D eigenvalue weighted by atomic mass is 16.6. The van der Waals surface area contributed by atoms with Gasteiger partial charge in [-0.25, -0.2) is 0 Å². The van der Waals surface area contributed by atoms with E-state index in [1.165, 1.54) is 64.2 Å². The molecule has 1 unspecified atom stereocenters. The molecular weight excluding hydrogens is 356 g/mol. The molecule has 1 atom stereocenters. The van der Waals surface area contributed by atoms with E-state index >= 15 is 0 Å². The Hall–Kier alpha value is -0.200. The van der Waals surface area contributed by atoms with Crippen LogP contribution in [0.2, 0.25) is 0 Å². The molecule has 1 rings (SSSR count). The molecule has 0 heterocycles. The zero-order valence-electron chi connectivity index (χ0n) is 18.5. The first-order valence-corrected chi connectivity index (χ1v) is 11.7. The summed E-state index contributed by atoms with van der Waals surface area (Å²) in [5.74, 6) is 1.50. The van der Waals surface area contributed by atoms with E-state index < -0.39 is 0 Å². The summed E-state index contributed by atoms with van der Waals surface area (Å²) < 4.78 is 22.8. The van der Waals surface area contributed by atoms with Crippen molar-refractivity contribution in [2.24, 2.45) is 11.8 Å². The normalized spacial score (nSPS) is 21.1. The molecule has 28 heavy (non-hydrogen) atoms. The standard InChI is InChI=1S/C23H46O5/c1-3-4-5-6-7-8-14-28-23(22-11-9-21(2)10-12-22)20-27-19-18-26-17-16-25-15-13-24/h21-24H,3-20H2,1-2H3. The van der Waals surface area contributed by atoms with Gasteiger partial charge in [-0.15, -0.1) is 0 Å². The summed E-state index contributed by atoms with van der Waals surface area (Å²) in [7, 11) is 0. The van der Waals surface area contributed by atoms with Gasteiger partial charge in [0.05, 0.1) is 52.4 Å². The van der Waals surface area contributed by atoms with Crippen LogP contribution < -0.4 is 0 Å². The number of hydrogen-bond acceptors (Lipinski definition) is 5. The Bertz CT molecular complexity index is 318. The third kappa shape index (κ3) is 13.9. The van der Waals surface area contributed by atoms with E-state index in [0.29, 0.717) is 45.6 Å². The largest absolute Gasteiger partial charge is 0.394 e. The van der Waals surface area contributed by atoms with Crippen molar-refractivity contribution in [2.45, 2.75) is 84.2 Å². The lowest BCUT2D eigenvalue weighted by Crippen LogP contribution is -2.32. The minimum atomic E-state index is 0.0587. The van der Waals surface area contributed by atoms with Crippen molar-refractivity contribution in [3.8, 4) is 0 Å². The molecule has 0 saturated heterocycles. The summed E-state index contributed by atoms with van der Waals surface area (Å²) in [6.07, 6.45) is 13.2. The topological polar surface area (TPSA) is 57.2 Å². The van der Waals surface area contributed by atoms with Gasteiger partial charge in [0.15, 0.2) is 0 Å². The minimum absolute atomic E-state index is 0.0587. The average Bonchev–Trinajstić information content (AvgIpc) is 2.71. The van der Waals surface area contributed by atoms with E-state index in [1.807, 2.05) is 0 Å². The number of rotatable bonds is 19. The van der Waals surface area contributed by atoms with Crippen LogP contribution in [0.15, 0.2) is 0 Å². The molecule has 168 valence electrons. The highest BCUT2D eigenvalue weighted by Gasteiger charge is 2.26. The van der Waals surface area contributed by atoms with Crippen LogP contribution in [0, 0.1) is 11.8 Å². The van der Waals surface area contributed by atoms with E-state index in [2.05, 4.69) is 13.8 Å². The molecule has 0 aromatic heterocycles. The summed E-state index contributed by atoms with van der Waals surface area (Å²) in [5, 5.41) is 8.64. The summed E-state index contributed by atoms with van der Waals surface area (Å²) in [4.78, 5) is 0. The molecule has 0 aliphatic heterocycles. The van der Waals surface area contributed by atoms with Gasteiger partial charge in [-0.2, -0.15) is 0 Å². The molecule has 1 saturated carbocycles. The molecule has 5 heteroatoms. The summed E-state index contributed by atoms with van der Waals surface area (Å²) in [6.45, 7) is 8.83. The van der Waals surface area contributed by atoms with Gasteiger partial charge in [0.25, 0.3) is 0 Å². The molecule has 0 aromatic rings. The van der Waals surface area contributed by atoms with E-state index in [9.17, 15) is 0 Å². The van der Waals surface area contributed by atoms with Crippen LogP contribution >= 0.6 is 0 Å². The molecule has 5 nitrogen and oxygen atoms in total. The van der Waals surface area contributed by atoms with E-state index in [4.69, 9.17) is 24.1 Å². The number of unbranched alkanes of at least 4 members (excludes halogenated alkanes) is 5. The van der Waals surface area contributed by atoms with Crippen molar-refractivity contribution in [1.29, 1.82) is 0 Å². The van der Waals surface area contributed by atoms with Crippen LogP contribution in [0.5, 0.6) is 0 Å². The first kappa shape index (κ1) is 25.8. The highest BCUT2D eigenvalue weighted by Crippen LogP contribution is 2.31. The molecule has 1 aliphatic carbocycles. The Kier molecular flexibility index (Phi) is 17.4. The van der Waals surface area contributed by atoms with Gasteiger partial charge < -0.3 is 24.1 Å². The van der Waals surface area contributed by atoms with Crippen molar-refractivity contribution in [1.82, 2.24) is 0 Å². The Labute approximate surface area is 173 Å². The fourth-order valence-electron chi connectivity index (χ4n) is 3.80. The van der Waals surface area contributed by atoms with Crippen LogP contribution in [0.25, 0.3) is 0 Å². The van der Waals surface area contributed by atoms with Crippen LogP contribution in [-0.4, -0.2) is 64.1 Å². The van der Waals surface area contributed by atoms with Crippen molar-refractivity contribution in [3.63, 3.8) is 0 Å². The number of ether oxygens (including phenoxy) is 4.